The first kappa shape index (κ1) is 14.6. The van der Waals surface area contributed by atoms with Gasteiger partial charge >= 0.3 is 0 Å². The first-order valence-corrected chi connectivity index (χ1v) is 5.71. The van der Waals surface area contributed by atoms with E-state index in [1.807, 2.05) is 0 Å². The fourth-order valence-corrected chi connectivity index (χ4v) is 1.34. The van der Waals surface area contributed by atoms with Crippen LogP contribution in [0.3, 0.4) is 0 Å². The summed E-state index contributed by atoms with van der Waals surface area (Å²) < 4.78 is 18.7. The molecule has 0 atom stereocenters. The highest BCUT2D eigenvalue weighted by Crippen LogP contribution is 2.12. The van der Waals surface area contributed by atoms with Crippen LogP contribution in [0.2, 0.25) is 0 Å². The lowest BCUT2D eigenvalue weighted by Gasteiger charge is -2.21. The van der Waals surface area contributed by atoms with Crippen LogP contribution in [0.1, 0.15) is 25.0 Å². The van der Waals surface area contributed by atoms with E-state index in [4.69, 9.17) is 10.5 Å². The number of ether oxygens (including phenoxy) is 1. The number of carbonyl (C=O) groups excluding carboxylic acids is 1. The summed E-state index contributed by atoms with van der Waals surface area (Å²) in [6.45, 7) is 3.72. The summed E-state index contributed by atoms with van der Waals surface area (Å²) in [6, 6.07) is 4.74. The fraction of sp³-hybridized carbons (Fsp3) is 0.462. The summed E-state index contributed by atoms with van der Waals surface area (Å²) >= 11 is 0. The molecular formula is C13H19FN2O2. The van der Waals surface area contributed by atoms with Gasteiger partial charge in [0, 0.05) is 25.8 Å². The van der Waals surface area contributed by atoms with E-state index in [1.165, 1.54) is 13.2 Å². The number of benzene rings is 1. The van der Waals surface area contributed by atoms with Crippen molar-refractivity contribution < 1.29 is 13.9 Å². The molecule has 0 bridgehead atoms. The molecule has 0 aliphatic rings. The van der Waals surface area contributed by atoms with Crippen LogP contribution in [0.4, 0.5) is 4.39 Å². The molecule has 0 aliphatic carbocycles. The van der Waals surface area contributed by atoms with Gasteiger partial charge in [-0.25, -0.2) is 4.39 Å². The van der Waals surface area contributed by atoms with Crippen LogP contribution in [-0.4, -0.2) is 18.6 Å². The predicted octanol–water partition coefficient (Wildman–Crippen LogP) is 1.33. The molecule has 100 valence electrons. The Morgan fingerprint density at radius 1 is 1.50 bits per heavy atom. The highest BCUT2D eigenvalue weighted by Gasteiger charge is 2.26. The molecule has 0 unspecified atom stereocenters. The van der Waals surface area contributed by atoms with Crippen molar-refractivity contribution in [1.82, 2.24) is 5.32 Å². The first-order chi connectivity index (χ1) is 8.40. The van der Waals surface area contributed by atoms with Crippen LogP contribution >= 0.6 is 0 Å². The van der Waals surface area contributed by atoms with Gasteiger partial charge in [0.25, 0.3) is 5.91 Å². The molecule has 0 radical (unpaired) electrons. The van der Waals surface area contributed by atoms with Crippen molar-refractivity contribution in [3.8, 4) is 0 Å². The molecule has 0 heterocycles. The standard InChI is InChI=1S/C13H19FN2O2/c1-13(2,18-3)12(17)16-8-10-5-4-9(7-15)6-11(10)14/h4-6H,7-8,15H2,1-3H3,(H,16,17). The normalized spacial score (nSPS) is 11.4. The van der Waals surface area contributed by atoms with Gasteiger partial charge in [0.1, 0.15) is 11.4 Å². The lowest BCUT2D eigenvalue weighted by atomic mass is 10.1. The third-order valence-corrected chi connectivity index (χ3v) is 2.85. The minimum Gasteiger partial charge on any atom is -0.369 e. The van der Waals surface area contributed by atoms with Gasteiger partial charge in [0.2, 0.25) is 0 Å². The Labute approximate surface area is 106 Å². The van der Waals surface area contributed by atoms with E-state index in [9.17, 15) is 9.18 Å². The number of rotatable bonds is 5. The van der Waals surface area contributed by atoms with E-state index in [0.29, 0.717) is 12.1 Å². The molecule has 1 aromatic rings. The highest BCUT2D eigenvalue weighted by atomic mass is 19.1. The zero-order valence-corrected chi connectivity index (χ0v) is 10.9. The zero-order valence-electron chi connectivity index (χ0n) is 10.9. The third-order valence-electron chi connectivity index (χ3n) is 2.85. The molecule has 18 heavy (non-hydrogen) atoms. The second kappa shape index (κ2) is 5.93. The molecule has 1 rings (SSSR count). The number of hydrogen-bond acceptors (Lipinski definition) is 3. The Morgan fingerprint density at radius 2 is 2.17 bits per heavy atom. The van der Waals surface area contributed by atoms with E-state index in [-0.39, 0.29) is 18.3 Å². The minimum absolute atomic E-state index is 0.127. The number of halogens is 1. The first-order valence-electron chi connectivity index (χ1n) is 5.71. The lowest BCUT2D eigenvalue weighted by Crippen LogP contribution is -2.43. The number of carbonyl (C=O) groups is 1. The van der Waals surface area contributed by atoms with Crippen molar-refractivity contribution in [1.29, 1.82) is 0 Å². The van der Waals surface area contributed by atoms with Gasteiger partial charge in [0.05, 0.1) is 0 Å². The van der Waals surface area contributed by atoms with Gasteiger partial charge in [-0.05, 0) is 25.5 Å². The maximum absolute atomic E-state index is 13.6. The Bertz CT molecular complexity index is 433. The van der Waals surface area contributed by atoms with Crippen molar-refractivity contribution in [3.05, 3.63) is 35.1 Å². The molecule has 0 saturated heterocycles. The topological polar surface area (TPSA) is 64.3 Å². The number of nitrogens with two attached hydrogens (primary N) is 1. The van der Waals surface area contributed by atoms with Gasteiger partial charge in [-0.1, -0.05) is 12.1 Å². The molecule has 5 heteroatoms. The van der Waals surface area contributed by atoms with Gasteiger partial charge in [-0.15, -0.1) is 0 Å². The van der Waals surface area contributed by atoms with E-state index in [2.05, 4.69) is 5.32 Å². The van der Waals surface area contributed by atoms with Crippen molar-refractivity contribution in [2.45, 2.75) is 32.5 Å². The Kier molecular flexibility index (Phi) is 4.81. The van der Waals surface area contributed by atoms with Gasteiger partial charge in [-0.2, -0.15) is 0 Å². The second-order valence-electron chi connectivity index (χ2n) is 4.53. The van der Waals surface area contributed by atoms with Crippen molar-refractivity contribution in [2.24, 2.45) is 5.73 Å². The van der Waals surface area contributed by atoms with E-state index < -0.39 is 5.60 Å². The monoisotopic (exact) mass is 254 g/mol. The van der Waals surface area contributed by atoms with Crippen LogP contribution < -0.4 is 11.1 Å². The smallest absolute Gasteiger partial charge is 0.251 e. The number of nitrogens with one attached hydrogen (secondary N) is 1. The Hall–Kier alpha value is -1.46. The minimum atomic E-state index is -0.923. The molecule has 0 fully saturated rings. The second-order valence-corrected chi connectivity index (χ2v) is 4.53. The Morgan fingerprint density at radius 3 is 2.67 bits per heavy atom. The average Bonchev–Trinajstić information content (AvgIpc) is 2.36. The predicted molar refractivity (Wildman–Crippen MR) is 67.2 cm³/mol. The summed E-state index contributed by atoms with van der Waals surface area (Å²) in [5, 5.41) is 2.63. The van der Waals surface area contributed by atoms with Crippen molar-refractivity contribution in [3.63, 3.8) is 0 Å². The molecule has 0 aromatic heterocycles. The Balaban J connectivity index is 2.67. The van der Waals surface area contributed by atoms with Crippen LogP contribution in [0.15, 0.2) is 18.2 Å². The molecule has 0 aliphatic heterocycles. The van der Waals surface area contributed by atoms with Crippen LogP contribution in [0.5, 0.6) is 0 Å². The summed E-state index contributed by atoms with van der Waals surface area (Å²) in [6.07, 6.45) is 0. The molecule has 3 N–H and O–H groups in total. The van der Waals surface area contributed by atoms with Crippen molar-refractivity contribution >= 4 is 5.91 Å². The van der Waals surface area contributed by atoms with E-state index >= 15 is 0 Å². The van der Waals surface area contributed by atoms with Crippen LogP contribution in [0.25, 0.3) is 0 Å². The molecule has 1 amide bonds. The molecule has 0 spiro atoms. The molecule has 4 nitrogen and oxygen atoms in total. The van der Waals surface area contributed by atoms with E-state index in [1.54, 1.807) is 26.0 Å². The maximum atomic E-state index is 13.6. The number of hydrogen-bond donors (Lipinski definition) is 2. The number of methoxy groups -OCH3 is 1. The van der Waals surface area contributed by atoms with Crippen LogP contribution in [0, 0.1) is 5.82 Å². The zero-order chi connectivity index (χ0) is 13.8. The summed E-state index contributed by atoms with van der Waals surface area (Å²) in [7, 11) is 1.45. The molecule has 0 saturated carbocycles. The van der Waals surface area contributed by atoms with Crippen molar-refractivity contribution in [2.75, 3.05) is 7.11 Å². The SMILES string of the molecule is COC(C)(C)C(=O)NCc1ccc(CN)cc1F. The molecular weight excluding hydrogens is 235 g/mol. The van der Waals surface area contributed by atoms with Gasteiger partial charge in [-0.3, -0.25) is 4.79 Å². The summed E-state index contributed by atoms with van der Waals surface area (Å²) in [5.41, 5.74) is 5.64. The largest absolute Gasteiger partial charge is 0.369 e. The third kappa shape index (κ3) is 3.51. The van der Waals surface area contributed by atoms with Crippen LogP contribution in [-0.2, 0) is 22.6 Å². The quantitative estimate of drug-likeness (QED) is 0.833. The fourth-order valence-electron chi connectivity index (χ4n) is 1.34. The summed E-state index contributed by atoms with van der Waals surface area (Å²) in [5.74, 6) is -0.652. The van der Waals surface area contributed by atoms with E-state index in [0.717, 1.165) is 5.56 Å². The average molecular weight is 254 g/mol. The van der Waals surface area contributed by atoms with Gasteiger partial charge in [0.15, 0.2) is 0 Å². The van der Waals surface area contributed by atoms with Gasteiger partial charge < -0.3 is 15.8 Å². The summed E-state index contributed by atoms with van der Waals surface area (Å²) in [4.78, 5) is 11.7. The highest BCUT2D eigenvalue weighted by molar-refractivity contribution is 5.84. The number of amides is 1. The lowest BCUT2D eigenvalue weighted by molar-refractivity contribution is -0.139. The molecule has 1 aromatic carbocycles. The maximum Gasteiger partial charge on any atom is 0.251 e.